The Morgan fingerprint density at radius 3 is 2.45 bits per heavy atom. The second-order valence-electron chi connectivity index (χ2n) is 3.73. The second-order valence-corrected chi connectivity index (χ2v) is 4.14. The Bertz CT molecular complexity index is 735. The summed E-state index contributed by atoms with van der Waals surface area (Å²) in [6.07, 6.45) is -4.77. The van der Waals surface area contributed by atoms with E-state index in [0.717, 1.165) is 18.2 Å². The maximum Gasteiger partial charge on any atom is 0.433 e. The lowest BCUT2D eigenvalue weighted by atomic mass is 10.2. The number of aromatic nitrogens is 2. The summed E-state index contributed by atoms with van der Waals surface area (Å²) in [6, 6.07) is 3.28. The second kappa shape index (κ2) is 4.67. The van der Waals surface area contributed by atoms with Crippen LogP contribution in [-0.4, -0.2) is 14.7 Å². The van der Waals surface area contributed by atoms with E-state index in [0.29, 0.717) is 10.7 Å². The first-order valence-corrected chi connectivity index (χ1v) is 5.41. The Morgan fingerprint density at radius 1 is 1.30 bits per heavy atom. The van der Waals surface area contributed by atoms with Gasteiger partial charge in [0.2, 0.25) is 0 Å². The summed E-state index contributed by atoms with van der Waals surface area (Å²) in [7, 11) is 0. The number of nitro groups is 1. The van der Waals surface area contributed by atoms with Gasteiger partial charge < -0.3 is 0 Å². The zero-order valence-corrected chi connectivity index (χ0v) is 10.2. The molecule has 1 N–H and O–H groups in total. The average Bonchev–Trinajstić information content (AvgIpc) is 2.70. The first kappa shape index (κ1) is 14.1. The van der Waals surface area contributed by atoms with E-state index >= 15 is 0 Å². The molecular weight excluding hydrogens is 303 g/mol. The molecule has 0 radical (unpaired) electrons. The van der Waals surface area contributed by atoms with Gasteiger partial charge in [-0.15, -0.1) is 0 Å². The molecule has 0 saturated heterocycles. The summed E-state index contributed by atoms with van der Waals surface area (Å²) in [6.45, 7) is 0. The molecule has 2 rings (SSSR count). The molecule has 0 fully saturated rings. The standard InChI is InChI=1S/C10H5ClF3N3O3/c11-6-3-5(17(19)20)1-2-7(6)16-8(10(12,13)14)4-9(18)15-16/h1-4H,(H,15,18). The molecule has 0 spiro atoms. The maximum atomic E-state index is 12.8. The Kier molecular flexibility index (Phi) is 3.30. The third-order valence-corrected chi connectivity index (χ3v) is 2.71. The van der Waals surface area contributed by atoms with E-state index < -0.39 is 22.4 Å². The Hall–Kier alpha value is -2.29. The van der Waals surface area contributed by atoms with Crippen LogP contribution in [0.4, 0.5) is 18.9 Å². The number of hydrogen-bond acceptors (Lipinski definition) is 3. The number of halogens is 4. The number of nitro benzene ring substituents is 1. The molecule has 20 heavy (non-hydrogen) atoms. The molecule has 6 nitrogen and oxygen atoms in total. The van der Waals surface area contributed by atoms with Crippen molar-refractivity contribution >= 4 is 17.3 Å². The summed E-state index contributed by atoms with van der Waals surface area (Å²) >= 11 is 5.72. The molecule has 0 aliphatic rings. The number of hydrogen-bond donors (Lipinski definition) is 1. The molecule has 0 atom stereocenters. The van der Waals surface area contributed by atoms with Crippen LogP contribution in [0, 0.1) is 10.1 Å². The fourth-order valence-corrected chi connectivity index (χ4v) is 1.84. The SMILES string of the molecule is O=c1cc(C(F)(F)F)n(-c2ccc([N+](=O)[O-])cc2Cl)[nH]1. The highest BCUT2D eigenvalue weighted by molar-refractivity contribution is 6.32. The first-order chi connectivity index (χ1) is 9.20. The van der Waals surface area contributed by atoms with Crippen molar-refractivity contribution in [3.63, 3.8) is 0 Å². The Balaban J connectivity index is 2.64. The highest BCUT2D eigenvalue weighted by atomic mass is 35.5. The molecule has 0 aliphatic heterocycles. The van der Waals surface area contributed by atoms with Crippen molar-refractivity contribution in [3.8, 4) is 5.69 Å². The van der Waals surface area contributed by atoms with Gasteiger partial charge in [-0.05, 0) is 6.07 Å². The molecular formula is C10H5ClF3N3O3. The summed E-state index contributed by atoms with van der Waals surface area (Å²) in [5.74, 6) is 0. The van der Waals surface area contributed by atoms with Crippen LogP contribution >= 0.6 is 11.6 Å². The van der Waals surface area contributed by atoms with Gasteiger partial charge in [0.15, 0.2) is 0 Å². The predicted molar refractivity (Wildman–Crippen MR) is 63.1 cm³/mol. The summed E-state index contributed by atoms with van der Waals surface area (Å²) < 4.78 is 38.7. The van der Waals surface area contributed by atoms with Crippen molar-refractivity contribution in [1.29, 1.82) is 0 Å². The van der Waals surface area contributed by atoms with Gasteiger partial charge in [-0.1, -0.05) is 11.6 Å². The molecule has 0 unspecified atom stereocenters. The minimum absolute atomic E-state index is 0.216. The number of H-pyrrole nitrogens is 1. The molecule has 1 aromatic carbocycles. The van der Waals surface area contributed by atoms with Gasteiger partial charge in [0, 0.05) is 18.2 Å². The van der Waals surface area contributed by atoms with Crippen LogP contribution in [0.15, 0.2) is 29.1 Å². The van der Waals surface area contributed by atoms with E-state index in [1.165, 1.54) is 0 Å². The number of nitrogens with zero attached hydrogens (tertiary/aromatic N) is 2. The van der Waals surface area contributed by atoms with Gasteiger partial charge >= 0.3 is 6.18 Å². The number of rotatable bonds is 2. The lowest BCUT2D eigenvalue weighted by Crippen LogP contribution is -2.13. The first-order valence-electron chi connectivity index (χ1n) is 5.04. The average molecular weight is 308 g/mol. The third kappa shape index (κ3) is 2.52. The highest BCUT2D eigenvalue weighted by Gasteiger charge is 2.36. The summed E-state index contributed by atoms with van der Waals surface area (Å²) in [5, 5.41) is 12.2. The third-order valence-electron chi connectivity index (χ3n) is 2.40. The Morgan fingerprint density at radius 2 is 1.95 bits per heavy atom. The lowest BCUT2D eigenvalue weighted by Gasteiger charge is -2.11. The van der Waals surface area contributed by atoms with Crippen molar-refractivity contribution in [1.82, 2.24) is 9.78 Å². The molecule has 1 aromatic heterocycles. The van der Waals surface area contributed by atoms with E-state index in [4.69, 9.17) is 11.6 Å². The van der Waals surface area contributed by atoms with E-state index in [2.05, 4.69) is 0 Å². The van der Waals surface area contributed by atoms with Gasteiger partial charge in [0.05, 0.1) is 15.6 Å². The quantitative estimate of drug-likeness (QED) is 0.684. The minimum Gasteiger partial charge on any atom is -0.268 e. The number of nitrogens with one attached hydrogen (secondary N) is 1. The molecule has 106 valence electrons. The minimum atomic E-state index is -4.77. The normalized spacial score (nSPS) is 11.6. The number of benzene rings is 1. The molecule has 0 bridgehead atoms. The fourth-order valence-electron chi connectivity index (χ4n) is 1.58. The largest absolute Gasteiger partial charge is 0.433 e. The predicted octanol–water partition coefficient (Wildman–Crippen LogP) is 2.75. The van der Waals surface area contributed by atoms with Crippen LogP contribution in [0.2, 0.25) is 5.02 Å². The van der Waals surface area contributed by atoms with Crippen LogP contribution in [0.25, 0.3) is 5.69 Å². The van der Waals surface area contributed by atoms with Crippen molar-refractivity contribution in [2.45, 2.75) is 6.18 Å². The number of non-ortho nitro benzene ring substituents is 1. The van der Waals surface area contributed by atoms with Crippen LogP contribution in [0.5, 0.6) is 0 Å². The smallest absolute Gasteiger partial charge is 0.268 e. The van der Waals surface area contributed by atoms with Crippen molar-refractivity contribution in [2.75, 3.05) is 0 Å². The van der Waals surface area contributed by atoms with Crippen LogP contribution < -0.4 is 5.56 Å². The topological polar surface area (TPSA) is 80.9 Å². The van der Waals surface area contributed by atoms with Gasteiger partial charge in [0.1, 0.15) is 5.69 Å². The summed E-state index contributed by atoms with van der Waals surface area (Å²) in [4.78, 5) is 20.9. The summed E-state index contributed by atoms with van der Waals surface area (Å²) in [5.41, 5.74) is -2.81. The molecule has 0 aliphatic carbocycles. The molecule has 1 heterocycles. The van der Waals surface area contributed by atoms with E-state index in [9.17, 15) is 28.1 Å². The number of alkyl halides is 3. The number of aromatic amines is 1. The van der Waals surface area contributed by atoms with E-state index in [1.807, 2.05) is 5.10 Å². The van der Waals surface area contributed by atoms with Crippen LogP contribution in [0.3, 0.4) is 0 Å². The van der Waals surface area contributed by atoms with Gasteiger partial charge in [-0.3, -0.25) is 20.0 Å². The zero-order valence-electron chi connectivity index (χ0n) is 9.44. The van der Waals surface area contributed by atoms with Gasteiger partial charge in [-0.25, -0.2) is 4.68 Å². The highest BCUT2D eigenvalue weighted by Crippen LogP contribution is 2.32. The van der Waals surface area contributed by atoms with Crippen molar-refractivity contribution in [2.24, 2.45) is 0 Å². The van der Waals surface area contributed by atoms with Crippen molar-refractivity contribution < 1.29 is 18.1 Å². The fraction of sp³-hybridized carbons (Fsp3) is 0.100. The van der Waals surface area contributed by atoms with Gasteiger partial charge in [-0.2, -0.15) is 13.2 Å². The Labute approximate surface area is 113 Å². The molecule has 0 saturated carbocycles. The van der Waals surface area contributed by atoms with Crippen LogP contribution in [0.1, 0.15) is 5.69 Å². The van der Waals surface area contributed by atoms with Gasteiger partial charge in [0.25, 0.3) is 11.2 Å². The van der Waals surface area contributed by atoms with Crippen LogP contribution in [-0.2, 0) is 6.18 Å². The molecule has 0 amide bonds. The maximum absolute atomic E-state index is 12.8. The van der Waals surface area contributed by atoms with Crippen molar-refractivity contribution in [3.05, 3.63) is 55.5 Å². The van der Waals surface area contributed by atoms with E-state index in [1.54, 1.807) is 0 Å². The van der Waals surface area contributed by atoms with E-state index in [-0.39, 0.29) is 16.4 Å². The molecule has 2 aromatic rings. The molecule has 10 heteroatoms. The zero-order chi connectivity index (χ0) is 15.1. The monoisotopic (exact) mass is 307 g/mol. The lowest BCUT2D eigenvalue weighted by molar-refractivity contribution is -0.384.